The molecule has 0 radical (unpaired) electrons. The monoisotopic (exact) mass is 276 g/mol. The van der Waals surface area contributed by atoms with E-state index in [1.807, 2.05) is 0 Å². The Kier molecular flexibility index (Phi) is 4.62. The first kappa shape index (κ1) is 13.6. The van der Waals surface area contributed by atoms with Gasteiger partial charge in [0.25, 0.3) is 0 Å². The van der Waals surface area contributed by atoms with Crippen LogP contribution in [0.5, 0.6) is 0 Å². The highest BCUT2D eigenvalue weighted by Crippen LogP contribution is 2.28. The van der Waals surface area contributed by atoms with Crippen molar-refractivity contribution in [1.82, 2.24) is 4.98 Å². The Balaban J connectivity index is 3.49. The summed E-state index contributed by atoms with van der Waals surface area (Å²) in [5.41, 5.74) is 1.59. The maximum Gasteiger partial charge on any atom is 0.227 e. The molecule has 0 saturated carbocycles. The minimum Gasteiger partial charge on any atom is -0.305 e. The molecule has 1 aromatic rings. The number of nitrogens with zero attached hydrogens (tertiary/aromatic N) is 4. The van der Waals surface area contributed by atoms with Gasteiger partial charge in [0.15, 0.2) is 0 Å². The molecule has 0 amide bonds. The van der Waals surface area contributed by atoms with Crippen molar-refractivity contribution >= 4 is 29.0 Å². The number of oxime groups is 1. The quantitative estimate of drug-likeness (QED) is 0.214. The Morgan fingerprint density at radius 2 is 2.00 bits per heavy atom. The third kappa shape index (κ3) is 2.82. The summed E-state index contributed by atoms with van der Waals surface area (Å²) in [5, 5.41) is 10.7. The third-order valence-corrected chi connectivity index (χ3v) is 2.84. The topological polar surface area (TPSA) is 111 Å². The zero-order valence-corrected chi connectivity index (χ0v) is 10.6. The first-order valence-electron chi connectivity index (χ1n) is 4.40. The average Bonchev–Trinajstić information content (AvgIpc) is 2.27. The third-order valence-electron chi connectivity index (χ3n) is 2.01. The normalized spacial score (nSPS) is 12.2. The molecular formula is C8H10Cl2N6O. The van der Waals surface area contributed by atoms with Gasteiger partial charge in [-0.3, -0.25) is 0 Å². The SMILES string of the molecule is Cc1nc(Cl)c(C(N=NN)=NON)c(C)c1Cl. The molecule has 17 heavy (non-hydrogen) atoms. The van der Waals surface area contributed by atoms with Crippen molar-refractivity contribution in [3.8, 4) is 0 Å². The average molecular weight is 277 g/mol. The lowest BCUT2D eigenvalue weighted by Crippen LogP contribution is -2.07. The van der Waals surface area contributed by atoms with E-state index in [0.29, 0.717) is 21.8 Å². The largest absolute Gasteiger partial charge is 0.305 e. The number of nitrogens with two attached hydrogens (primary N) is 2. The van der Waals surface area contributed by atoms with Gasteiger partial charge in [-0.2, -0.15) is 0 Å². The van der Waals surface area contributed by atoms with E-state index < -0.39 is 0 Å². The van der Waals surface area contributed by atoms with Gasteiger partial charge in [-0.05, 0) is 24.6 Å². The second-order valence-corrected chi connectivity index (χ2v) is 3.77. The summed E-state index contributed by atoms with van der Waals surface area (Å²) >= 11 is 12.0. The standard InChI is InChI=1S/C8H10Cl2N6O/c1-3-5(8(14-16-11)15-17-12)7(10)13-4(2)6(3)9/h12H2,1-2H3,(H2,11,14,15). The molecule has 0 bridgehead atoms. The van der Waals surface area contributed by atoms with Crippen molar-refractivity contribution in [3.63, 3.8) is 0 Å². The van der Waals surface area contributed by atoms with E-state index in [9.17, 15) is 0 Å². The van der Waals surface area contributed by atoms with Crippen molar-refractivity contribution < 1.29 is 4.94 Å². The van der Waals surface area contributed by atoms with Gasteiger partial charge in [0, 0.05) is 0 Å². The Labute approximate surface area is 107 Å². The van der Waals surface area contributed by atoms with Crippen LogP contribution >= 0.6 is 23.2 Å². The summed E-state index contributed by atoms with van der Waals surface area (Å²) in [7, 11) is 0. The van der Waals surface area contributed by atoms with Crippen molar-refractivity contribution in [2.75, 3.05) is 0 Å². The molecule has 0 atom stereocenters. The van der Waals surface area contributed by atoms with Crippen molar-refractivity contribution in [3.05, 3.63) is 27.0 Å². The number of aromatic nitrogens is 1. The maximum absolute atomic E-state index is 6.05. The number of pyridine rings is 1. The molecule has 0 unspecified atom stereocenters. The molecular weight excluding hydrogens is 267 g/mol. The molecule has 0 aliphatic rings. The fourth-order valence-electron chi connectivity index (χ4n) is 1.27. The highest BCUT2D eigenvalue weighted by molar-refractivity contribution is 6.36. The number of rotatable bonds is 2. The molecule has 0 fully saturated rings. The fraction of sp³-hybridized carbons (Fsp3) is 0.250. The van der Waals surface area contributed by atoms with Crippen LogP contribution in [0.2, 0.25) is 10.2 Å². The Morgan fingerprint density at radius 1 is 1.35 bits per heavy atom. The number of hydrogen-bond donors (Lipinski definition) is 2. The van der Waals surface area contributed by atoms with Crippen LogP contribution in [0.1, 0.15) is 16.8 Å². The second kappa shape index (κ2) is 5.76. The molecule has 0 spiro atoms. The molecule has 1 aromatic heterocycles. The Hall–Kier alpha value is -1.44. The van der Waals surface area contributed by atoms with Gasteiger partial charge < -0.3 is 10.8 Å². The molecule has 9 heteroatoms. The first-order chi connectivity index (χ1) is 8.02. The zero-order valence-electron chi connectivity index (χ0n) is 9.11. The lowest BCUT2D eigenvalue weighted by molar-refractivity contribution is 0.148. The summed E-state index contributed by atoms with van der Waals surface area (Å²) in [4.78, 5) is 8.17. The number of aryl methyl sites for hydroxylation is 1. The molecule has 7 nitrogen and oxygen atoms in total. The van der Waals surface area contributed by atoms with Gasteiger partial charge in [-0.25, -0.2) is 4.98 Å². The Bertz CT molecular complexity index is 487. The smallest absolute Gasteiger partial charge is 0.227 e. The maximum atomic E-state index is 6.05. The van der Waals surface area contributed by atoms with Gasteiger partial charge in [-0.1, -0.05) is 28.4 Å². The van der Waals surface area contributed by atoms with Crippen LogP contribution in [0.4, 0.5) is 0 Å². The zero-order chi connectivity index (χ0) is 13.0. The van der Waals surface area contributed by atoms with E-state index in [4.69, 9.17) is 34.9 Å². The van der Waals surface area contributed by atoms with E-state index in [0.717, 1.165) is 0 Å². The van der Waals surface area contributed by atoms with Crippen LogP contribution in [-0.4, -0.2) is 10.8 Å². The van der Waals surface area contributed by atoms with E-state index in [2.05, 4.69) is 25.4 Å². The summed E-state index contributed by atoms with van der Waals surface area (Å²) in [6, 6.07) is 0. The molecule has 4 N–H and O–H groups in total. The van der Waals surface area contributed by atoms with Crippen molar-refractivity contribution in [1.29, 1.82) is 0 Å². The molecule has 0 saturated heterocycles. The van der Waals surface area contributed by atoms with Crippen LogP contribution in [0, 0.1) is 13.8 Å². The number of hydrogen-bond acceptors (Lipinski definition) is 5. The van der Waals surface area contributed by atoms with Gasteiger partial charge in [0.2, 0.25) is 5.84 Å². The van der Waals surface area contributed by atoms with Crippen LogP contribution < -0.4 is 11.7 Å². The molecule has 1 heterocycles. The van der Waals surface area contributed by atoms with E-state index >= 15 is 0 Å². The van der Waals surface area contributed by atoms with Crippen LogP contribution in [0.15, 0.2) is 15.5 Å². The van der Waals surface area contributed by atoms with Gasteiger partial charge in [0.05, 0.1) is 16.3 Å². The van der Waals surface area contributed by atoms with Crippen molar-refractivity contribution in [2.45, 2.75) is 13.8 Å². The summed E-state index contributed by atoms with van der Waals surface area (Å²) in [5.74, 6) is 9.78. The van der Waals surface area contributed by atoms with Crippen LogP contribution in [0.3, 0.4) is 0 Å². The van der Waals surface area contributed by atoms with E-state index in [1.54, 1.807) is 13.8 Å². The van der Waals surface area contributed by atoms with Gasteiger partial charge in [0.1, 0.15) is 5.15 Å². The summed E-state index contributed by atoms with van der Waals surface area (Å²) < 4.78 is 0. The minimum atomic E-state index is -0.00750. The molecule has 0 aromatic carbocycles. The summed E-state index contributed by atoms with van der Waals surface area (Å²) in [6.07, 6.45) is 0. The fourth-order valence-corrected chi connectivity index (χ4v) is 1.76. The number of amidine groups is 1. The van der Waals surface area contributed by atoms with Crippen molar-refractivity contribution in [2.24, 2.45) is 27.2 Å². The minimum absolute atomic E-state index is 0.00750. The predicted molar refractivity (Wildman–Crippen MR) is 64.6 cm³/mol. The van der Waals surface area contributed by atoms with Crippen LogP contribution in [0.25, 0.3) is 0 Å². The summed E-state index contributed by atoms with van der Waals surface area (Å²) in [6.45, 7) is 3.46. The molecule has 0 aliphatic heterocycles. The predicted octanol–water partition coefficient (Wildman–Crippen LogP) is 1.88. The van der Waals surface area contributed by atoms with Crippen LogP contribution in [-0.2, 0) is 4.94 Å². The number of halogens is 2. The molecule has 1 rings (SSSR count). The molecule has 92 valence electrons. The Morgan fingerprint density at radius 3 is 2.53 bits per heavy atom. The highest BCUT2D eigenvalue weighted by atomic mass is 35.5. The highest BCUT2D eigenvalue weighted by Gasteiger charge is 2.18. The van der Waals surface area contributed by atoms with E-state index in [1.165, 1.54) is 0 Å². The van der Waals surface area contributed by atoms with Gasteiger partial charge in [-0.15, -0.1) is 11.0 Å². The second-order valence-electron chi connectivity index (χ2n) is 3.04. The van der Waals surface area contributed by atoms with Gasteiger partial charge >= 0.3 is 0 Å². The molecule has 0 aliphatic carbocycles. The van der Waals surface area contributed by atoms with E-state index in [-0.39, 0.29) is 11.0 Å². The first-order valence-corrected chi connectivity index (χ1v) is 5.15. The lowest BCUT2D eigenvalue weighted by Gasteiger charge is -2.09. The lowest BCUT2D eigenvalue weighted by atomic mass is 10.1.